The molecule has 0 aliphatic carbocycles. The molecule has 13 heavy (non-hydrogen) atoms. The van der Waals surface area contributed by atoms with E-state index in [1.165, 1.54) is 0 Å². The van der Waals surface area contributed by atoms with E-state index in [4.69, 9.17) is 0 Å². The Balaban J connectivity index is 2.58. The quantitative estimate of drug-likeness (QED) is 0.666. The van der Waals surface area contributed by atoms with Gasteiger partial charge >= 0.3 is 0 Å². The maximum absolute atomic E-state index is 11.7. The summed E-state index contributed by atoms with van der Waals surface area (Å²) in [5.74, 6) is 1.41. The van der Waals surface area contributed by atoms with Crippen LogP contribution in [0, 0.1) is 11.8 Å². The van der Waals surface area contributed by atoms with E-state index in [-0.39, 0.29) is 0 Å². The van der Waals surface area contributed by atoms with Gasteiger partial charge in [0.2, 0.25) is 0 Å². The van der Waals surface area contributed by atoms with Crippen LogP contribution in [0.3, 0.4) is 0 Å². The molecule has 0 aromatic carbocycles. The summed E-state index contributed by atoms with van der Waals surface area (Å²) in [5.41, 5.74) is 0. The first-order valence-corrected chi connectivity index (χ1v) is 5.40. The molecule has 1 aliphatic heterocycles. The van der Waals surface area contributed by atoms with Crippen LogP contribution >= 0.6 is 0 Å². The van der Waals surface area contributed by atoms with Crippen molar-refractivity contribution in [1.29, 1.82) is 0 Å². The zero-order valence-electron chi connectivity index (χ0n) is 9.05. The normalized spacial score (nSPS) is 25.5. The second-order valence-electron chi connectivity index (χ2n) is 4.16. The molecule has 0 amide bonds. The van der Waals surface area contributed by atoms with E-state index in [2.05, 4.69) is 25.8 Å². The predicted molar refractivity (Wildman–Crippen MR) is 54.7 cm³/mol. The van der Waals surface area contributed by atoms with Crippen LogP contribution in [0.15, 0.2) is 0 Å². The zero-order chi connectivity index (χ0) is 9.84. The van der Waals surface area contributed by atoms with Crippen LogP contribution in [-0.4, -0.2) is 30.8 Å². The number of likely N-dealkylation sites (tertiary alicyclic amines) is 1. The molecule has 1 fully saturated rings. The van der Waals surface area contributed by atoms with Crippen molar-refractivity contribution in [2.75, 3.05) is 20.1 Å². The molecule has 0 N–H and O–H groups in total. The summed E-state index contributed by atoms with van der Waals surface area (Å²) in [5, 5.41) is 0. The SMILES string of the molecule is CCC(CC)[C@H]1CN(C)CCC1=O. The minimum atomic E-state index is 0.314. The average molecular weight is 183 g/mol. The molecule has 0 saturated carbocycles. The molecule has 1 heterocycles. The first-order valence-electron chi connectivity index (χ1n) is 5.40. The van der Waals surface area contributed by atoms with Gasteiger partial charge in [-0.3, -0.25) is 4.79 Å². The van der Waals surface area contributed by atoms with Gasteiger partial charge in [-0.15, -0.1) is 0 Å². The summed E-state index contributed by atoms with van der Waals surface area (Å²) in [6, 6.07) is 0. The van der Waals surface area contributed by atoms with Crippen LogP contribution in [0.1, 0.15) is 33.1 Å². The maximum atomic E-state index is 11.7. The molecule has 0 aromatic heterocycles. The molecule has 76 valence electrons. The Morgan fingerprint density at radius 3 is 2.62 bits per heavy atom. The van der Waals surface area contributed by atoms with E-state index in [0.29, 0.717) is 17.6 Å². The smallest absolute Gasteiger partial charge is 0.138 e. The van der Waals surface area contributed by atoms with Crippen LogP contribution in [-0.2, 0) is 4.79 Å². The summed E-state index contributed by atoms with van der Waals surface area (Å²) in [4.78, 5) is 14.0. The third kappa shape index (κ3) is 2.53. The fourth-order valence-corrected chi connectivity index (χ4v) is 2.29. The van der Waals surface area contributed by atoms with Gasteiger partial charge in [-0.05, 0) is 13.0 Å². The van der Waals surface area contributed by atoms with E-state index >= 15 is 0 Å². The van der Waals surface area contributed by atoms with Crippen molar-refractivity contribution in [3.8, 4) is 0 Å². The molecule has 0 bridgehead atoms. The van der Waals surface area contributed by atoms with E-state index in [1.54, 1.807) is 0 Å². The van der Waals surface area contributed by atoms with Crippen LogP contribution < -0.4 is 0 Å². The standard InChI is InChI=1S/C11H21NO/c1-4-9(5-2)10-8-12(3)7-6-11(10)13/h9-10H,4-8H2,1-3H3/t10-/m1/s1. The van der Waals surface area contributed by atoms with Crippen molar-refractivity contribution in [3.05, 3.63) is 0 Å². The summed E-state index contributed by atoms with van der Waals surface area (Å²) in [6.07, 6.45) is 3.04. The molecule has 1 aliphatic rings. The molecule has 0 radical (unpaired) electrons. The Morgan fingerprint density at radius 1 is 1.46 bits per heavy atom. The zero-order valence-corrected chi connectivity index (χ0v) is 9.05. The Hall–Kier alpha value is -0.370. The Morgan fingerprint density at radius 2 is 2.08 bits per heavy atom. The van der Waals surface area contributed by atoms with Gasteiger partial charge in [0.05, 0.1) is 0 Å². The summed E-state index contributed by atoms with van der Waals surface area (Å²) in [6.45, 7) is 6.31. The van der Waals surface area contributed by atoms with Crippen molar-refractivity contribution in [2.45, 2.75) is 33.1 Å². The van der Waals surface area contributed by atoms with Gasteiger partial charge in [0.1, 0.15) is 5.78 Å². The average Bonchev–Trinajstić information content (AvgIpc) is 2.13. The van der Waals surface area contributed by atoms with Gasteiger partial charge in [0.25, 0.3) is 0 Å². The van der Waals surface area contributed by atoms with Gasteiger partial charge in [-0.2, -0.15) is 0 Å². The number of carbonyl (C=O) groups is 1. The number of hydrogen-bond donors (Lipinski definition) is 0. The number of Topliss-reactive ketones (excluding diaryl/α,β-unsaturated/α-hetero) is 1. The number of piperidine rings is 1. The van der Waals surface area contributed by atoms with E-state index < -0.39 is 0 Å². The third-order valence-electron chi connectivity index (χ3n) is 3.28. The lowest BCUT2D eigenvalue weighted by atomic mass is 9.81. The molecule has 1 saturated heterocycles. The van der Waals surface area contributed by atoms with Crippen molar-refractivity contribution >= 4 is 5.78 Å². The van der Waals surface area contributed by atoms with Gasteiger partial charge in [0, 0.05) is 25.4 Å². The fourth-order valence-electron chi connectivity index (χ4n) is 2.29. The van der Waals surface area contributed by atoms with Crippen molar-refractivity contribution in [1.82, 2.24) is 4.90 Å². The van der Waals surface area contributed by atoms with Crippen molar-refractivity contribution < 1.29 is 4.79 Å². The summed E-state index contributed by atoms with van der Waals surface area (Å²) >= 11 is 0. The lowest BCUT2D eigenvalue weighted by Crippen LogP contribution is -2.41. The van der Waals surface area contributed by atoms with Crippen molar-refractivity contribution in [3.63, 3.8) is 0 Å². The highest BCUT2D eigenvalue weighted by Crippen LogP contribution is 2.25. The number of nitrogens with zero attached hydrogens (tertiary/aromatic N) is 1. The lowest BCUT2D eigenvalue weighted by Gasteiger charge is -2.33. The number of carbonyl (C=O) groups excluding carboxylic acids is 1. The number of hydrogen-bond acceptors (Lipinski definition) is 2. The van der Waals surface area contributed by atoms with Crippen LogP contribution in [0.5, 0.6) is 0 Å². The Bertz CT molecular complexity index is 175. The van der Waals surface area contributed by atoms with Gasteiger partial charge in [0.15, 0.2) is 0 Å². The molecule has 0 aromatic rings. The first-order chi connectivity index (χ1) is 6.19. The molecule has 0 unspecified atom stereocenters. The predicted octanol–water partition coefficient (Wildman–Crippen LogP) is 1.94. The van der Waals surface area contributed by atoms with Gasteiger partial charge < -0.3 is 4.90 Å². The Labute approximate surface area is 81.3 Å². The molecule has 2 heteroatoms. The second-order valence-corrected chi connectivity index (χ2v) is 4.16. The van der Waals surface area contributed by atoms with Crippen molar-refractivity contribution in [2.24, 2.45) is 11.8 Å². The Kier molecular flexibility index (Phi) is 3.91. The maximum Gasteiger partial charge on any atom is 0.138 e. The molecule has 2 nitrogen and oxygen atoms in total. The minimum absolute atomic E-state index is 0.314. The first kappa shape index (κ1) is 10.7. The highest BCUT2D eigenvalue weighted by atomic mass is 16.1. The minimum Gasteiger partial charge on any atom is -0.305 e. The fraction of sp³-hybridized carbons (Fsp3) is 0.909. The van der Waals surface area contributed by atoms with Gasteiger partial charge in [-0.25, -0.2) is 0 Å². The van der Waals surface area contributed by atoms with Crippen LogP contribution in [0.4, 0.5) is 0 Å². The lowest BCUT2D eigenvalue weighted by molar-refractivity contribution is -0.128. The topological polar surface area (TPSA) is 20.3 Å². The van der Waals surface area contributed by atoms with E-state index in [0.717, 1.165) is 32.4 Å². The molecule has 1 rings (SSSR count). The van der Waals surface area contributed by atoms with Crippen LogP contribution in [0.2, 0.25) is 0 Å². The molecule has 1 atom stereocenters. The molecular formula is C11H21NO. The number of rotatable bonds is 3. The van der Waals surface area contributed by atoms with E-state index in [9.17, 15) is 4.79 Å². The monoisotopic (exact) mass is 183 g/mol. The highest BCUT2D eigenvalue weighted by Gasteiger charge is 2.30. The van der Waals surface area contributed by atoms with Gasteiger partial charge in [-0.1, -0.05) is 26.7 Å². The summed E-state index contributed by atoms with van der Waals surface area (Å²) in [7, 11) is 2.11. The second kappa shape index (κ2) is 4.75. The number of ketones is 1. The largest absolute Gasteiger partial charge is 0.305 e. The molecule has 0 spiro atoms. The van der Waals surface area contributed by atoms with Crippen LogP contribution in [0.25, 0.3) is 0 Å². The van der Waals surface area contributed by atoms with E-state index in [1.807, 2.05) is 0 Å². The molecular weight excluding hydrogens is 162 g/mol. The highest BCUT2D eigenvalue weighted by molar-refractivity contribution is 5.82. The third-order valence-corrected chi connectivity index (χ3v) is 3.28. The summed E-state index contributed by atoms with van der Waals surface area (Å²) < 4.78 is 0.